The lowest BCUT2D eigenvalue weighted by atomic mass is 10.0. The molecule has 0 bridgehead atoms. The standard InChI is InChI=1S/C47H69N9O10/c1-29(2)26-37(54-44(62)39-17-13-25-56(39)31(4)57)41(59)50-28-40(58)52-36(23-20-32-14-9-8-10-15-32)43(61)53-35(16-11-12-24-49-30(3)48)42(60)51-34-21-18-33(19-22-34)27-38(45(63)64)55-46(65)66-47(5,6)7/h8-10,14-15,18-19,21-22,29,35-39H,11-13,16-17,20,23-28H2,1-7H3,(H2,48,49)(H,50,59)(H,51,60)(H,52,58)(H,53,61)(H,54,62)(H,55,65)(H,63,64)/t35-,36?,37-,38+,39-/m0/s1. The highest BCUT2D eigenvalue weighted by atomic mass is 16.6. The van der Waals surface area contributed by atoms with E-state index in [0.717, 1.165) is 5.56 Å². The van der Waals surface area contributed by atoms with E-state index in [2.05, 4.69) is 37.2 Å². The number of carboxylic acids is 1. The van der Waals surface area contributed by atoms with Crippen LogP contribution in [0.1, 0.15) is 105 Å². The Balaban J connectivity index is 1.75. The summed E-state index contributed by atoms with van der Waals surface area (Å²) in [7, 11) is 0. The van der Waals surface area contributed by atoms with E-state index in [-0.39, 0.29) is 43.3 Å². The predicted molar refractivity (Wildman–Crippen MR) is 248 cm³/mol. The van der Waals surface area contributed by atoms with Crippen molar-refractivity contribution in [3.05, 3.63) is 65.7 Å². The van der Waals surface area contributed by atoms with E-state index >= 15 is 0 Å². The van der Waals surface area contributed by atoms with Crippen molar-refractivity contribution in [3.63, 3.8) is 0 Å². The molecule has 0 aliphatic carbocycles. The Labute approximate surface area is 387 Å². The number of aliphatic carboxylic acids is 1. The monoisotopic (exact) mass is 920 g/mol. The summed E-state index contributed by atoms with van der Waals surface area (Å²) in [5, 5.41) is 36.4. The number of aryl methyl sites for hydroxylation is 1. The molecule has 2 aromatic rings. The summed E-state index contributed by atoms with van der Waals surface area (Å²) >= 11 is 0. The third-order valence-electron chi connectivity index (χ3n) is 10.5. The number of ether oxygens (including phenoxy) is 1. The van der Waals surface area contributed by atoms with Gasteiger partial charge < -0.3 is 52.0 Å². The van der Waals surface area contributed by atoms with Crippen LogP contribution in [0.15, 0.2) is 54.6 Å². The van der Waals surface area contributed by atoms with Crippen molar-refractivity contribution in [2.45, 2.75) is 142 Å². The second kappa shape index (κ2) is 26.4. The van der Waals surface area contributed by atoms with Crippen LogP contribution in [0.4, 0.5) is 10.5 Å². The number of alkyl carbamates (subject to hydrolysis) is 1. The quantitative estimate of drug-likeness (QED) is 0.0419. The molecule has 1 aliphatic rings. The number of likely N-dealkylation sites (tertiary alicyclic amines) is 1. The van der Waals surface area contributed by atoms with Gasteiger partial charge in [0.2, 0.25) is 35.4 Å². The van der Waals surface area contributed by atoms with Gasteiger partial charge >= 0.3 is 12.1 Å². The van der Waals surface area contributed by atoms with E-state index in [1.54, 1.807) is 52.0 Å². The lowest BCUT2D eigenvalue weighted by Crippen LogP contribution is -2.56. The highest BCUT2D eigenvalue weighted by molar-refractivity contribution is 5.99. The maximum absolute atomic E-state index is 14.1. The average molecular weight is 920 g/mol. The number of amidine groups is 1. The highest BCUT2D eigenvalue weighted by Crippen LogP contribution is 2.19. The van der Waals surface area contributed by atoms with Crippen molar-refractivity contribution >= 4 is 59.0 Å². The number of unbranched alkanes of at least 4 members (excludes halogenated alkanes) is 1. The van der Waals surface area contributed by atoms with Gasteiger partial charge in [0.15, 0.2) is 0 Å². The van der Waals surface area contributed by atoms with Gasteiger partial charge in [-0.1, -0.05) is 56.3 Å². The third kappa shape index (κ3) is 19.7. The summed E-state index contributed by atoms with van der Waals surface area (Å²) in [6, 6.07) is 10.5. The number of anilines is 1. The Bertz CT molecular complexity index is 1990. The summed E-state index contributed by atoms with van der Waals surface area (Å²) in [5.41, 5.74) is 0.979. The molecule has 19 nitrogen and oxygen atoms in total. The Kier molecular flexibility index (Phi) is 21.6. The van der Waals surface area contributed by atoms with E-state index < -0.39 is 84.0 Å². The van der Waals surface area contributed by atoms with Gasteiger partial charge in [0.25, 0.3) is 0 Å². The fraction of sp³-hybridized carbons (Fsp3) is 0.553. The molecule has 1 heterocycles. The molecule has 0 aromatic heterocycles. The first-order valence-corrected chi connectivity index (χ1v) is 22.5. The average Bonchev–Trinajstić information content (AvgIpc) is 3.74. The number of rotatable bonds is 24. The molecule has 362 valence electrons. The maximum atomic E-state index is 14.1. The van der Waals surface area contributed by atoms with Crippen molar-refractivity contribution in [3.8, 4) is 0 Å². The predicted octanol–water partition coefficient (Wildman–Crippen LogP) is 3.16. The number of benzene rings is 2. The zero-order chi connectivity index (χ0) is 49.0. The molecule has 5 atom stereocenters. The minimum absolute atomic E-state index is 0.000641. The first-order valence-electron chi connectivity index (χ1n) is 22.5. The molecule has 19 heteroatoms. The number of nitrogens with zero attached hydrogens (tertiary/aromatic N) is 1. The van der Waals surface area contributed by atoms with Crippen molar-refractivity contribution < 1.29 is 48.2 Å². The summed E-state index contributed by atoms with van der Waals surface area (Å²) in [5.74, 6) is -4.10. The SMILES string of the molecule is CC(=N)NCCCC[C@H](NC(=O)C(CCc1ccccc1)NC(=O)CNC(=O)[C@H](CC(C)C)NC(=O)[C@@H]1CCCN1C(C)=O)C(=O)Nc1ccc(C[C@@H](NC(=O)OC(C)(C)C)C(=O)O)cc1. The van der Waals surface area contributed by atoms with Gasteiger partial charge in [0.05, 0.1) is 12.4 Å². The van der Waals surface area contributed by atoms with Crippen molar-refractivity contribution in [2.24, 2.45) is 5.92 Å². The smallest absolute Gasteiger partial charge is 0.408 e. The highest BCUT2D eigenvalue weighted by Gasteiger charge is 2.35. The van der Waals surface area contributed by atoms with Crippen molar-refractivity contribution in [1.29, 1.82) is 5.41 Å². The van der Waals surface area contributed by atoms with E-state index in [1.807, 2.05) is 44.2 Å². The normalized spacial score (nSPS) is 15.3. The second-order valence-electron chi connectivity index (χ2n) is 18.0. The van der Waals surface area contributed by atoms with Crippen LogP contribution in [0.2, 0.25) is 0 Å². The van der Waals surface area contributed by atoms with Crippen molar-refractivity contribution in [1.82, 2.24) is 36.8 Å². The third-order valence-corrected chi connectivity index (χ3v) is 10.5. The summed E-state index contributed by atoms with van der Waals surface area (Å²) < 4.78 is 5.20. The first kappa shape index (κ1) is 53.8. The van der Waals surface area contributed by atoms with Crippen LogP contribution in [0.3, 0.4) is 0 Å². The van der Waals surface area contributed by atoms with Gasteiger partial charge in [-0.2, -0.15) is 0 Å². The molecule has 2 aromatic carbocycles. The number of nitrogens with one attached hydrogen (secondary N) is 8. The van der Waals surface area contributed by atoms with Crippen LogP contribution in [0.5, 0.6) is 0 Å². The number of hydrogen-bond acceptors (Lipinski definition) is 10. The minimum atomic E-state index is -1.28. The van der Waals surface area contributed by atoms with Crippen LogP contribution in [0.25, 0.3) is 0 Å². The second-order valence-corrected chi connectivity index (χ2v) is 18.0. The molecular formula is C47H69N9O10. The lowest BCUT2D eigenvalue weighted by molar-refractivity contribution is -0.139. The number of carbonyl (C=O) groups is 8. The molecule has 0 radical (unpaired) electrons. The molecule has 3 rings (SSSR count). The van der Waals surface area contributed by atoms with Gasteiger partial charge in [-0.3, -0.25) is 34.2 Å². The molecule has 0 spiro atoms. The molecule has 1 aliphatic heterocycles. The minimum Gasteiger partial charge on any atom is -0.480 e. The summed E-state index contributed by atoms with van der Waals surface area (Å²) in [6.45, 7) is 12.2. The van der Waals surface area contributed by atoms with E-state index in [9.17, 15) is 43.5 Å². The van der Waals surface area contributed by atoms with Gasteiger partial charge in [-0.05, 0) is 108 Å². The fourth-order valence-corrected chi connectivity index (χ4v) is 7.28. The zero-order valence-corrected chi connectivity index (χ0v) is 39.2. The van der Waals surface area contributed by atoms with Crippen molar-refractivity contribution in [2.75, 3.05) is 25.0 Å². The number of amides is 7. The topological polar surface area (TPSA) is 277 Å². The molecule has 1 saturated heterocycles. The summed E-state index contributed by atoms with van der Waals surface area (Å²) in [4.78, 5) is 106. The number of carboxylic acid groups (broad SMARTS) is 1. The molecule has 7 amide bonds. The first-order chi connectivity index (χ1) is 31.1. The van der Waals surface area contributed by atoms with E-state index in [4.69, 9.17) is 10.1 Å². The number of hydrogen-bond donors (Lipinski definition) is 9. The molecular weight excluding hydrogens is 851 g/mol. The lowest BCUT2D eigenvalue weighted by Gasteiger charge is -2.26. The largest absolute Gasteiger partial charge is 0.480 e. The van der Waals surface area contributed by atoms with Gasteiger partial charge in [0, 0.05) is 32.1 Å². The Morgan fingerprint density at radius 3 is 2.05 bits per heavy atom. The van der Waals surface area contributed by atoms with E-state index in [0.29, 0.717) is 56.4 Å². The Morgan fingerprint density at radius 1 is 0.773 bits per heavy atom. The molecule has 9 N–H and O–H groups in total. The zero-order valence-electron chi connectivity index (χ0n) is 39.2. The Morgan fingerprint density at radius 2 is 1.44 bits per heavy atom. The Hall–Kier alpha value is -6.53. The summed E-state index contributed by atoms with van der Waals surface area (Å²) in [6.07, 6.45) is 2.27. The fourth-order valence-electron chi connectivity index (χ4n) is 7.28. The van der Waals surface area contributed by atoms with Gasteiger partial charge in [-0.25, -0.2) is 9.59 Å². The van der Waals surface area contributed by atoms with Crippen LogP contribution in [-0.2, 0) is 51.1 Å². The number of carbonyl (C=O) groups excluding carboxylic acids is 7. The molecule has 1 fully saturated rings. The van der Waals surface area contributed by atoms with Crippen LogP contribution >= 0.6 is 0 Å². The van der Waals surface area contributed by atoms with Gasteiger partial charge in [-0.15, -0.1) is 0 Å². The molecule has 66 heavy (non-hydrogen) atoms. The van der Waals surface area contributed by atoms with E-state index in [1.165, 1.54) is 11.8 Å². The van der Waals surface area contributed by atoms with Gasteiger partial charge in [0.1, 0.15) is 35.8 Å². The molecule has 1 unspecified atom stereocenters. The van der Waals surface area contributed by atoms with Crippen LogP contribution in [-0.4, -0.2) is 119 Å². The van der Waals surface area contributed by atoms with Crippen LogP contribution < -0.4 is 37.2 Å². The van der Waals surface area contributed by atoms with Crippen LogP contribution in [0, 0.1) is 11.3 Å². The molecule has 0 saturated carbocycles. The maximum Gasteiger partial charge on any atom is 0.408 e.